The van der Waals surface area contributed by atoms with Crippen LogP contribution in [-0.2, 0) is 10.8 Å². The van der Waals surface area contributed by atoms with E-state index in [9.17, 15) is 14.3 Å². The summed E-state index contributed by atoms with van der Waals surface area (Å²) in [5, 5.41) is 13.5. The molecule has 100 valence electrons. The first kappa shape index (κ1) is 14.3. The van der Waals surface area contributed by atoms with Crippen LogP contribution in [0.4, 0.5) is 17.5 Å². The molecule has 1 aromatic heterocycles. The van der Waals surface area contributed by atoms with Crippen molar-refractivity contribution in [2.24, 2.45) is 5.84 Å². The van der Waals surface area contributed by atoms with Crippen molar-refractivity contribution >= 4 is 28.3 Å². The summed E-state index contributed by atoms with van der Waals surface area (Å²) in [6.07, 6.45) is 1.06. The van der Waals surface area contributed by atoms with Gasteiger partial charge < -0.3 is 5.32 Å². The molecular formula is C8H14N6O3S. The normalized spacial score (nSPS) is 11.9. The molecule has 1 atom stereocenters. The van der Waals surface area contributed by atoms with Gasteiger partial charge in [0.2, 0.25) is 11.8 Å². The van der Waals surface area contributed by atoms with Crippen LogP contribution in [0, 0.1) is 10.1 Å². The summed E-state index contributed by atoms with van der Waals surface area (Å²) in [5.41, 5.74) is 1.95. The van der Waals surface area contributed by atoms with Crippen LogP contribution in [0.25, 0.3) is 0 Å². The summed E-state index contributed by atoms with van der Waals surface area (Å²) in [5.74, 6) is 6.18. The molecule has 0 aromatic carbocycles. The molecule has 0 saturated carbocycles. The van der Waals surface area contributed by atoms with Gasteiger partial charge in [-0.25, -0.2) is 10.8 Å². The van der Waals surface area contributed by atoms with Crippen LogP contribution in [0.3, 0.4) is 0 Å². The molecule has 0 saturated heterocycles. The molecule has 0 bridgehead atoms. The van der Waals surface area contributed by atoms with E-state index >= 15 is 0 Å². The zero-order valence-corrected chi connectivity index (χ0v) is 10.6. The first-order chi connectivity index (χ1) is 8.58. The van der Waals surface area contributed by atoms with Crippen molar-refractivity contribution in [2.75, 3.05) is 28.8 Å². The van der Waals surface area contributed by atoms with Gasteiger partial charge in [-0.3, -0.25) is 19.7 Å². The van der Waals surface area contributed by atoms with Crippen LogP contribution in [-0.4, -0.2) is 37.2 Å². The number of hydrazine groups is 1. The van der Waals surface area contributed by atoms with Crippen LogP contribution in [0.2, 0.25) is 0 Å². The maximum atomic E-state index is 11.2. The van der Waals surface area contributed by atoms with E-state index in [-0.39, 0.29) is 17.5 Å². The lowest BCUT2D eigenvalue weighted by Crippen LogP contribution is -2.16. The lowest BCUT2D eigenvalue weighted by Gasteiger charge is -2.06. The molecule has 0 spiro atoms. The second-order valence-corrected chi connectivity index (χ2v) is 5.05. The summed E-state index contributed by atoms with van der Waals surface area (Å²) in [7, 11) is -0.941. The topological polar surface area (TPSA) is 136 Å². The van der Waals surface area contributed by atoms with Crippen molar-refractivity contribution < 1.29 is 9.13 Å². The smallest absolute Gasteiger partial charge is 0.329 e. The number of hydrogen-bond donors (Lipinski definition) is 3. The Morgan fingerprint density at radius 2 is 2.33 bits per heavy atom. The number of anilines is 2. The van der Waals surface area contributed by atoms with Crippen LogP contribution in [0.5, 0.6) is 0 Å². The van der Waals surface area contributed by atoms with Gasteiger partial charge in [-0.2, -0.15) is 4.98 Å². The van der Waals surface area contributed by atoms with E-state index in [2.05, 4.69) is 20.7 Å². The third-order valence-electron chi connectivity index (χ3n) is 2.04. The molecule has 0 aliphatic rings. The van der Waals surface area contributed by atoms with E-state index in [0.717, 1.165) is 6.20 Å². The molecule has 1 unspecified atom stereocenters. The van der Waals surface area contributed by atoms with Gasteiger partial charge in [-0.05, 0) is 0 Å². The van der Waals surface area contributed by atoms with E-state index in [4.69, 9.17) is 5.84 Å². The van der Waals surface area contributed by atoms with E-state index in [1.54, 1.807) is 6.92 Å². The molecule has 0 aliphatic carbocycles. The van der Waals surface area contributed by atoms with Crippen LogP contribution in [0.1, 0.15) is 6.92 Å². The molecule has 0 fully saturated rings. The lowest BCUT2D eigenvalue weighted by molar-refractivity contribution is -0.384. The fourth-order valence-corrected chi connectivity index (χ4v) is 1.75. The zero-order valence-electron chi connectivity index (χ0n) is 9.75. The summed E-state index contributed by atoms with van der Waals surface area (Å²) in [6.45, 7) is 2.13. The first-order valence-electron chi connectivity index (χ1n) is 5.15. The van der Waals surface area contributed by atoms with Crippen molar-refractivity contribution in [3.8, 4) is 0 Å². The quantitative estimate of drug-likeness (QED) is 0.355. The molecular weight excluding hydrogens is 260 g/mol. The molecule has 4 N–H and O–H groups in total. The highest BCUT2D eigenvalue weighted by atomic mass is 32.2. The highest BCUT2D eigenvalue weighted by Gasteiger charge is 2.16. The highest BCUT2D eigenvalue weighted by molar-refractivity contribution is 7.84. The number of nitrogen functional groups attached to an aromatic ring is 1. The largest absolute Gasteiger partial charge is 0.363 e. The Balaban J connectivity index is 2.78. The summed E-state index contributed by atoms with van der Waals surface area (Å²) < 4.78 is 11.2. The molecule has 0 aliphatic heterocycles. The SMILES string of the molecule is CCS(=O)CCNc1nc(NN)ncc1[N+](=O)[O-]. The number of hydrogen-bond acceptors (Lipinski definition) is 8. The first-order valence-corrected chi connectivity index (χ1v) is 6.64. The second kappa shape index (κ2) is 6.81. The molecule has 10 heteroatoms. The van der Waals surface area contributed by atoms with Gasteiger partial charge in [-0.15, -0.1) is 0 Å². The number of nitrogens with zero attached hydrogens (tertiary/aromatic N) is 3. The van der Waals surface area contributed by atoms with Crippen molar-refractivity contribution in [1.29, 1.82) is 0 Å². The van der Waals surface area contributed by atoms with Crippen molar-refractivity contribution in [3.63, 3.8) is 0 Å². The Morgan fingerprint density at radius 1 is 1.61 bits per heavy atom. The molecule has 1 aromatic rings. The maximum Gasteiger partial charge on any atom is 0.329 e. The van der Waals surface area contributed by atoms with E-state index < -0.39 is 15.7 Å². The predicted octanol–water partition coefficient (Wildman–Crippen LogP) is -0.149. The summed E-state index contributed by atoms with van der Waals surface area (Å²) in [4.78, 5) is 17.6. The van der Waals surface area contributed by atoms with E-state index in [1.807, 2.05) is 0 Å². The maximum absolute atomic E-state index is 11.2. The van der Waals surface area contributed by atoms with Crippen LogP contribution in [0.15, 0.2) is 6.20 Å². The van der Waals surface area contributed by atoms with Crippen molar-refractivity contribution in [1.82, 2.24) is 9.97 Å². The van der Waals surface area contributed by atoms with Crippen molar-refractivity contribution in [3.05, 3.63) is 16.3 Å². The average Bonchev–Trinajstić information content (AvgIpc) is 2.37. The van der Waals surface area contributed by atoms with Gasteiger partial charge in [0.05, 0.1) is 4.92 Å². The minimum absolute atomic E-state index is 0.0519. The fraction of sp³-hybridized carbons (Fsp3) is 0.500. The number of nitrogens with two attached hydrogens (primary N) is 1. The van der Waals surface area contributed by atoms with E-state index in [1.165, 1.54) is 0 Å². The Morgan fingerprint density at radius 3 is 2.89 bits per heavy atom. The molecule has 0 radical (unpaired) electrons. The number of nitrogens with one attached hydrogen (secondary N) is 2. The molecule has 1 rings (SSSR count). The Kier molecular flexibility index (Phi) is 5.39. The third-order valence-corrected chi connectivity index (χ3v) is 3.34. The second-order valence-electron chi connectivity index (χ2n) is 3.19. The third kappa shape index (κ3) is 3.89. The monoisotopic (exact) mass is 274 g/mol. The van der Waals surface area contributed by atoms with Gasteiger partial charge in [-0.1, -0.05) is 6.92 Å². The van der Waals surface area contributed by atoms with Crippen molar-refractivity contribution in [2.45, 2.75) is 6.92 Å². The molecule has 1 heterocycles. The van der Waals surface area contributed by atoms with Gasteiger partial charge in [0.15, 0.2) is 0 Å². The Labute approximate surface area is 106 Å². The van der Waals surface area contributed by atoms with Gasteiger partial charge in [0.1, 0.15) is 6.20 Å². The van der Waals surface area contributed by atoms with Gasteiger partial charge >= 0.3 is 5.69 Å². The molecule has 0 amide bonds. The predicted molar refractivity (Wildman–Crippen MR) is 68.5 cm³/mol. The summed E-state index contributed by atoms with van der Waals surface area (Å²) in [6, 6.07) is 0. The van der Waals surface area contributed by atoms with Crippen LogP contribution >= 0.6 is 0 Å². The molecule has 9 nitrogen and oxygen atoms in total. The van der Waals surface area contributed by atoms with Gasteiger partial charge in [0.25, 0.3) is 0 Å². The average molecular weight is 274 g/mol. The lowest BCUT2D eigenvalue weighted by atomic mass is 10.4. The zero-order chi connectivity index (χ0) is 13.5. The molecule has 18 heavy (non-hydrogen) atoms. The van der Waals surface area contributed by atoms with Gasteiger partial charge in [0, 0.05) is 28.9 Å². The summed E-state index contributed by atoms with van der Waals surface area (Å²) >= 11 is 0. The minimum atomic E-state index is -0.941. The number of aromatic nitrogens is 2. The standard InChI is InChI=1S/C8H14N6O3S/c1-2-18(17)4-3-10-7-6(14(15)16)5-11-8(12-7)13-9/h5H,2-4,9H2,1H3,(H2,10,11,12,13). The van der Waals surface area contributed by atoms with E-state index in [0.29, 0.717) is 18.1 Å². The fourth-order valence-electron chi connectivity index (χ4n) is 1.14. The Hall–Kier alpha value is -1.81. The van der Waals surface area contributed by atoms with Crippen LogP contribution < -0.4 is 16.6 Å². The Bertz CT molecular complexity index is 454. The highest BCUT2D eigenvalue weighted by Crippen LogP contribution is 2.21. The number of rotatable bonds is 7. The number of nitro groups is 1. The minimum Gasteiger partial charge on any atom is -0.363 e.